The summed E-state index contributed by atoms with van der Waals surface area (Å²) in [7, 11) is 0. The summed E-state index contributed by atoms with van der Waals surface area (Å²) in [6.45, 7) is 3.99. The molecule has 0 saturated carbocycles. The third-order valence-corrected chi connectivity index (χ3v) is 3.58. The lowest BCUT2D eigenvalue weighted by Gasteiger charge is -2.32. The number of amidine groups is 1. The molecule has 20 heavy (non-hydrogen) atoms. The average Bonchev–Trinajstić information content (AvgIpc) is 2.36. The van der Waals surface area contributed by atoms with Crippen LogP contribution in [0.2, 0.25) is 0 Å². The summed E-state index contributed by atoms with van der Waals surface area (Å²) in [6.07, 6.45) is 4.46. The van der Waals surface area contributed by atoms with Gasteiger partial charge in [0.2, 0.25) is 0 Å². The number of nitriles is 1. The lowest BCUT2D eigenvalue weighted by Crippen LogP contribution is -2.49. The molecule has 0 fully saturated rings. The van der Waals surface area contributed by atoms with Gasteiger partial charge in [-0.05, 0) is 50.3 Å². The van der Waals surface area contributed by atoms with Crippen molar-refractivity contribution in [2.75, 3.05) is 6.26 Å². The number of aliphatic imine (C=N–C) groups is 1. The minimum Gasteiger partial charge on any atom is -0.347 e. The zero-order valence-electron chi connectivity index (χ0n) is 11.7. The Bertz CT molecular complexity index is 616. The number of benzene rings is 1. The van der Waals surface area contributed by atoms with Gasteiger partial charge in [0.1, 0.15) is 0 Å². The molecule has 0 aromatic heterocycles. The van der Waals surface area contributed by atoms with E-state index >= 15 is 0 Å². The summed E-state index contributed by atoms with van der Waals surface area (Å²) < 4.78 is 0. The van der Waals surface area contributed by atoms with Crippen LogP contribution in [-0.4, -0.2) is 22.9 Å². The normalized spacial score (nSPS) is 16.9. The summed E-state index contributed by atoms with van der Waals surface area (Å²) in [4.78, 5) is 16.3. The van der Waals surface area contributed by atoms with Crippen molar-refractivity contribution in [3.05, 3.63) is 29.3 Å². The molecule has 1 aliphatic heterocycles. The topological polar surface area (TPSA) is 77.3 Å². The smallest absolute Gasteiger partial charge is 0.251 e. The monoisotopic (exact) mass is 288 g/mol. The Hall–Kier alpha value is -2.00. The van der Waals surface area contributed by atoms with Crippen molar-refractivity contribution in [3.8, 4) is 6.19 Å². The largest absolute Gasteiger partial charge is 0.347 e. The predicted molar refractivity (Wildman–Crippen MR) is 81.0 cm³/mol. The van der Waals surface area contributed by atoms with E-state index < -0.39 is 0 Å². The Labute approximate surface area is 122 Å². The zero-order chi connectivity index (χ0) is 14.8. The molecule has 2 N–H and O–H groups in total. The first-order valence-electron chi connectivity index (χ1n) is 6.18. The minimum absolute atomic E-state index is 0.0491. The van der Waals surface area contributed by atoms with Gasteiger partial charge >= 0.3 is 0 Å². The molecule has 5 nitrogen and oxygen atoms in total. The highest BCUT2D eigenvalue weighted by Gasteiger charge is 2.29. The quantitative estimate of drug-likeness (QED) is 0.359. The standard InChI is InChI=1S/C14H16N4OS/c1-14(2)7-9-6-10(17-13(20-3)16-8-15)4-5-11(9)12(19)18-14/h4-6H,7H2,1-3H3,(H,16,17)(H,18,19). The maximum absolute atomic E-state index is 12.0. The molecule has 1 aromatic carbocycles. The third kappa shape index (κ3) is 3.11. The molecule has 1 heterocycles. The summed E-state index contributed by atoms with van der Waals surface area (Å²) in [5.41, 5.74) is 2.17. The van der Waals surface area contributed by atoms with Crippen molar-refractivity contribution in [3.63, 3.8) is 0 Å². The lowest BCUT2D eigenvalue weighted by atomic mass is 9.87. The van der Waals surface area contributed by atoms with Crippen LogP contribution in [0.4, 0.5) is 5.69 Å². The van der Waals surface area contributed by atoms with Gasteiger partial charge in [-0.3, -0.25) is 10.1 Å². The molecule has 0 saturated heterocycles. The molecule has 0 atom stereocenters. The molecule has 0 radical (unpaired) electrons. The lowest BCUT2D eigenvalue weighted by molar-refractivity contribution is 0.0897. The Morgan fingerprint density at radius 3 is 2.95 bits per heavy atom. The third-order valence-electron chi connectivity index (χ3n) is 3.00. The maximum atomic E-state index is 12.0. The van der Waals surface area contributed by atoms with Crippen molar-refractivity contribution in [1.29, 1.82) is 5.26 Å². The van der Waals surface area contributed by atoms with E-state index in [9.17, 15) is 4.79 Å². The van der Waals surface area contributed by atoms with Gasteiger partial charge in [-0.25, -0.2) is 4.99 Å². The Morgan fingerprint density at radius 1 is 1.55 bits per heavy atom. The number of carbonyl (C=O) groups is 1. The van der Waals surface area contributed by atoms with Crippen LogP contribution in [0.25, 0.3) is 0 Å². The summed E-state index contributed by atoms with van der Waals surface area (Å²) in [5.74, 6) is -0.0491. The van der Waals surface area contributed by atoms with Crippen molar-refractivity contribution in [1.82, 2.24) is 10.6 Å². The van der Waals surface area contributed by atoms with Gasteiger partial charge < -0.3 is 5.32 Å². The first-order valence-corrected chi connectivity index (χ1v) is 7.41. The van der Waals surface area contributed by atoms with Crippen LogP contribution >= 0.6 is 11.8 Å². The molecule has 1 aromatic rings. The molecule has 1 amide bonds. The molecule has 0 aliphatic carbocycles. The molecular weight excluding hydrogens is 272 g/mol. The fourth-order valence-corrected chi connectivity index (χ4v) is 2.55. The molecule has 6 heteroatoms. The fraction of sp³-hybridized carbons (Fsp3) is 0.357. The minimum atomic E-state index is -0.250. The number of amides is 1. The summed E-state index contributed by atoms with van der Waals surface area (Å²) >= 11 is 1.36. The molecule has 0 spiro atoms. The molecule has 104 valence electrons. The Morgan fingerprint density at radius 2 is 2.30 bits per heavy atom. The SMILES string of the molecule is CSC(=Nc1ccc2c(c1)CC(C)(C)NC2=O)NC#N. The molecule has 0 bridgehead atoms. The summed E-state index contributed by atoms with van der Waals surface area (Å²) in [5, 5.41) is 14.7. The van der Waals surface area contributed by atoms with Crippen LogP contribution in [0.5, 0.6) is 0 Å². The number of carbonyl (C=O) groups excluding carboxylic acids is 1. The number of nitrogens with zero attached hydrogens (tertiary/aromatic N) is 2. The van der Waals surface area contributed by atoms with Gasteiger partial charge in [0.05, 0.1) is 5.69 Å². The van der Waals surface area contributed by atoms with E-state index in [4.69, 9.17) is 5.26 Å². The van der Waals surface area contributed by atoms with Crippen molar-refractivity contribution in [2.45, 2.75) is 25.8 Å². The van der Waals surface area contributed by atoms with Gasteiger partial charge in [-0.2, -0.15) is 5.26 Å². The van der Waals surface area contributed by atoms with E-state index in [2.05, 4.69) is 15.6 Å². The van der Waals surface area contributed by atoms with Crippen LogP contribution in [0.3, 0.4) is 0 Å². The van der Waals surface area contributed by atoms with Crippen LogP contribution in [0.15, 0.2) is 23.2 Å². The predicted octanol–water partition coefficient (Wildman–Crippen LogP) is 2.17. The van der Waals surface area contributed by atoms with Crippen LogP contribution in [-0.2, 0) is 6.42 Å². The van der Waals surface area contributed by atoms with E-state index in [1.807, 2.05) is 32.4 Å². The van der Waals surface area contributed by atoms with E-state index in [0.29, 0.717) is 10.7 Å². The number of hydrogen-bond acceptors (Lipinski definition) is 4. The molecule has 2 rings (SSSR count). The molecule has 0 unspecified atom stereocenters. The van der Waals surface area contributed by atoms with Crippen LogP contribution < -0.4 is 10.6 Å². The second-order valence-electron chi connectivity index (χ2n) is 5.21. The van der Waals surface area contributed by atoms with Crippen LogP contribution in [0, 0.1) is 11.5 Å². The first kappa shape index (κ1) is 14.4. The highest BCUT2D eigenvalue weighted by Crippen LogP contribution is 2.27. The second kappa shape index (κ2) is 5.55. The van der Waals surface area contributed by atoms with E-state index in [1.54, 1.807) is 12.1 Å². The second-order valence-corrected chi connectivity index (χ2v) is 6.01. The van der Waals surface area contributed by atoms with Gasteiger partial charge in [0, 0.05) is 11.1 Å². The number of fused-ring (bicyclic) bond motifs is 1. The van der Waals surface area contributed by atoms with Gasteiger partial charge in [-0.15, -0.1) is 0 Å². The number of nitrogens with one attached hydrogen (secondary N) is 2. The highest BCUT2D eigenvalue weighted by molar-refractivity contribution is 8.13. The number of rotatable bonds is 1. The van der Waals surface area contributed by atoms with Crippen LogP contribution in [0.1, 0.15) is 29.8 Å². The highest BCUT2D eigenvalue weighted by atomic mass is 32.2. The zero-order valence-corrected chi connectivity index (χ0v) is 12.5. The number of thioether (sulfide) groups is 1. The van der Waals surface area contributed by atoms with Gasteiger partial charge in [0.15, 0.2) is 11.4 Å². The van der Waals surface area contributed by atoms with Gasteiger partial charge in [0.25, 0.3) is 5.91 Å². The Balaban J connectivity index is 2.37. The fourth-order valence-electron chi connectivity index (χ4n) is 2.20. The van der Waals surface area contributed by atoms with E-state index in [-0.39, 0.29) is 11.4 Å². The molecule has 1 aliphatic rings. The summed E-state index contributed by atoms with van der Waals surface area (Å²) in [6, 6.07) is 5.47. The Kier molecular flexibility index (Phi) is 4.00. The van der Waals surface area contributed by atoms with Crippen molar-refractivity contribution >= 4 is 28.5 Å². The van der Waals surface area contributed by atoms with Crippen molar-refractivity contribution < 1.29 is 4.79 Å². The van der Waals surface area contributed by atoms with E-state index in [0.717, 1.165) is 17.7 Å². The number of hydrogen-bond donors (Lipinski definition) is 2. The first-order chi connectivity index (χ1) is 9.45. The van der Waals surface area contributed by atoms with E-state index in [1.165, 1.54) is 11.8 Å². The van der Waals surface area contributed by atoms with Crippen molar-refractivity contribution in [2.24, 2.45) is 4.99 Å². The average molecular weight is 288 g/mol. The maximum Gasteiger partial charge on any atom is 0.251 e. The van der Waals surface area contributed by atoms with Gasteiger partial charge in [-0.1, -0.05) is 11.8 Å². The molecular formula is C14H16N4OS.